The molecular weight excluding hydrogens is 230 g/mol. The van der Waals surface area contributed by atoms with Gasteiger partial charge in [0.15, 0.2) is 5.78 Å². The number of rotatable bonds is 3. The van der Waals surface area contributed by atoms with Crippen LogP contribution in [0.5, 0.6) is 0 Å². The lowest BCUT2D eigenvalue weighted by atomic mass is 10.1. The van der Waals surface area contributed by atoms with Crippen LogP contribution in [0.1, 0.15) is 17.3 Å². The van der Waals surface area contributed by atoms with Crippen LogP contribution in [0.3, 0.4) is 0 Å². The first-order valence-electron chi connectivity index (χ1n) is 5.50. The van der Waals surface area contributed by atoms with Crippen molar-refractivity contribution in [2.24, 2.45) is 0 Å². The van der Waals surface area contributed by atoms with Crippen LogP contribution in [-0.4, -0.2) is 23.8 Å². The molecule has 1 aromatic carbocycles. The summed E-state index contributed by atoms with van der Waals surface area (Å²) in [7, 11) is 1.29. The third-order valence-electron chi connectivity index (χ3n) is 2.71. The monoisotopic (exact) mass is 243 g/mol. The lowest BCUT2D eigenvalue weighted by Gasteiger charge is -1.98. The summed E-state index contributed by atoms with van der Waals surface area (Å²) in [6.07, 6.45) is 2.94. The largest absolute Gasteiger partial charge is 0.466 e. The van der Waals surface area contributed by atoms with E-state index in [0.717, 1.165) is 10.9 Å². The molecule has 2 rings (SSSR count). The normalized spacial score (nSPS) is 11.6. The number of benzene rings is 1. The molecule has 0 saturated carbocycles. The Morgan fingerprint density at radius 2 is 2.00 bits per heavy atom. The number of para-hydroxylation sites is 1. The lowest BCUT2D eigenvalue weighted by Crippen LogP contribution is -2.04. The van der Waals surface area contributed by atoms with Gasteiger partial charge in [-0.3, -0.25) is 4.79 Å². The number of H-pyrrole nitrogens is 1. The number of methoxy groups -OCH3 is 1. The van der Waals surface area contributed by atoms with E-state index >= 15 is 0 Å². The van der Waals surface area contributed by atoms with Gasteiger partial charge < -0.3 is 9.72 Å². The van der Waals surface area contributed by atoms with E-state index in [9.17, 15) is 9.59 Å². The van der Waals surface area contributed by atoms with Gasteiger partial charge in [-0.15, -0.1) is 0 Å². The first-order valence-corrected chi connectivity index (χ1v) is 5.50. The molecule has 0 fully saturated rings. The van der Waals surface area contributed by atoms with Gasteiger partial charge in [0.05, 0.1) is 7.11 Å². The average Bonchev–Trinajstić information content (AvgIpc) is 2.81. The number of fused-ring (bicyclic) bond motifs is 1. The molecule has 0 aliphatic carbocycles. The number of ketones is 1. The standard InChI is InChI=1S/C14H13NO3/c1-9(14(17)18-2)7-13(16)11-8-15-12-6-4-3-5-10(11)12/h3-8,15H,1-2H3. The molecule has 0 aliphatic rings. The number of esters is 1. The summed E-state index contributed by atoms with van der Waals surface area (Å²) >= 11 is 0. The summed E-state index contributed by atoms with van der Waals surface area (Å²) in [5.41, 5.74) is 1.73. The molecular formula is C14H13NO3. The van der Waals surface area contributed by atoms with E-state index in [-0.39, 0.29) is 11.4 Å². The van der Waals surface area contributed by atoms with Gasteiger partial charge in [-0.05, 0) is 19.1 Å². The second-order valence-electron chi connectivity index (χ2n) is 3.93. The van der Waals surface area contributed by atoms with E-state index in [4.69, 9.17) is 0 Å². The number of aromatic amines is 1. The highest BCUT2D eigenvalue weighted by atomic mass is 16.5. The highest BCUT2D eigenvalue weighted by Crippen LogP contribution is 2.18. The molecule has 0 atom stereocenters. The van der Waals surface area contributed by atoms with Gasteiger partial charge in [-0.2, -0.15) is 0 Å². The van der Waals surface area contributed by atoms with Gasteiger partial charge in [-0.1, -0.05) is 18.2 Å². The van der Waals surface area contributed by atoms with Crippen LogP contribution in [0.15, 0.2) is 42.1 Å². The Bertz CT molecular complexity index is 637. The van der Waals surface area contributed by atoms with Crippen LogP contribution in [0.25, 0.3) is 10.9 Å². The van der Waals surface area contributed by atoms with Gasteiger partial charge in [0.25, 0.3) is 0 Å². The van der Waals surface area contributed by atoms with Crippen molar-refractivity contribution < 1.29 is 14.3 Å². The molecule has 0 aliphatic heterocycles. The quantitative estimate of drug-likeness (QED) is 0.512. The molecule has 0 saturated heterocycles. The van der Waals surface area contributed by atoms with Crippen LogP contribution in [0, 0.1) is 0 Å². The van der Waals surface area contributed by atoms with Crippen LogP contribution in [0.4, 0.5) is 0 Å². The predicted molar refractivity (Wildman–Crippen MR) is 68.4 cm³/mol. The molecule has 1 heterocycles. The van der Waals surface area contributed by atoms with E-state index in [1.807, 2.05) is 24.3 Å². The van der Waals surface area contributed by atoms with Gasteiger partial charge in [0, 0.05) is 28.2 Å². The zero-order valence-electron chi connectivity index (χ0n) is 10.2. The minimum absolute atomic E-state index is 0.213. The van der Waals surface area contributed by atoms with Crippen LogP contribution >= 0.6 is 0 Å². The fourth-order valence-corrected chi connectivity index (χ4v) is 1.77. The second-order valence-corrected chi connectivity index (χ2v) is 3.93. The molecule has 18 heavy (non-hydrogen) atoms. The number of carbonyl (C=O) groups excluding carboxylic acids is 2. The van der Waals surface area contributed by atoms with E-state index in [1.165, 1.54) is 13.2 Å². The molecule has 0 unspecified atom stereocenters. The van der Waals surface area contributed by atoms with Crippen molar-refractivity contribution in [1.29, 1.82) is 0 Å². The van der Waals surface area contributed by atoms with E-state index in [1.54, 1.807) is 13.1 Å². The summed E-state index contributed by atoms with van der Waals surface area (Å²) in [5, 5.41) is 0.844. The molecule has 4 nitrogen and oxygen atoms in total. The van der Waals surface area contributed by atoms with Crippen molar-refractivity contribution in [3.8, 4) is 0 Å². The van der Waals surface area contributed by atoms with E-state index < -0.39 is 5.97 Å². The van der Waals surface area contributed by atoms with Crippen LogP contribution < -0.4 is 0 Å². The van der Waals surface area contributed by atoms with Gasteiger partial charge in [0.1, 0.15) is 0 Å². The highest BCUT2D eigenvalue weighted by molar-refractivity contribution is 6.15. The van der Waals surface area contributed by atoms with Crippen molar-refractivity contribution in [3.63, 3.8) is 0 Å². The molecule has 2 aromatic rings. The third kappa shape index (κ3) is 2.18. The number of hydrogen-bond acceptors (Lipinski definition) is 3. The Morgan fingerprint density at radius 3 is 2.72 bits per heavy atom. The van der Waals surface area contributed by atoms with Crippen molar-refractivity contribution in [2.75, 3.05) is 7.11 Å². The lowest BCUT2D eigenvalue weighted by molar-refractivity contribution is -0.136. The fourth-order valence-electron chi connectivity index (χ4n) is 1.77. The third-order valence-corrected chi connectivity index (χ3v) is 2.71. The summed E-state index contributed by atoms with van der Waals surface area (Å²) < 4.78 is 4.55. The molecule has 92 valence electrons. The molecule has 4 heteroatoms. The predicted octanol–water partition coefficient (Wildman–Crippen LogP) is 2.47. The molecule has 0 amide bonds. The number of nitrogens with one attached hydrogen (secondary N) is 1. The molecule has 0 spiro atoms. The van der Waals surface area contributed by atoms with Crippen molar-refractivity contribution in [3.05, 3.63) is 47.7 Å². The zero-order chi connectivity index (χ0) is 13.1. The van der Waals surface area contributed by atoms with Crippen LogP contribution in [0.2, 0.25) is 0 Å². The highest BCUT2D eigenvalue weighted by Gasteiger charge is 2.12. The molecule has 1 N–H and O–H groups in total. The van der Waals surface area contributed by atoms with E-state index in [0.29, 0.717) is 5.56 Å². The number of aromatic nitrogens is 1. The SMILES string of the molecule is COC(=O)C(C)=CC(=O)c1c[nH]c2ccccc12. The number of carbonyl (C=O) groups is 2. The Hall–Kier alpha value is -2.36. The fraction of sp³-hybridized carbons (Fsp3) is 0.143. The zero-order valence-corrected chi connectivity index (χ0v) is 10.2. The summed E-state index contributed by atoms with van der Waals surface area (Å²) in [6, 6.07) is 7.51. The van der Waals surface area contributed by atoms with Crippen LogP contribution in [-0.2, 0) is 9.53 Å². The Kier molecular flexibility index (Phi) is 3.28. The molecule has 1 aromatic heterocycles. The summed E-state index contributed by atoms with van der Waals surface area (Å²) in [6.45, 7) is 1.55. The first-order chi connectivity index (χ1) is 8.63. The Balaban J connectivity index is 2.38. The Morgan fingerprint density at radius 1 is 1.28 bits per heavy atom. The molecule has 0 radical (unpaired) electrons. The van der Waals surface area contributed by atoms with E-state index in [2.05, 4.69) is 9.72 Å². The minimum atomic E-state index is -0.497. The molecule has 0 bridgehead atoms. The van der Waals surface area contributed by atoms with Crippen molar-refractivity contribution in [1.82, 2.24) is 4.98 Å². The summed E-state index contributed by atoms with van der Waals surface area (Å²) in [5.74, 6) is -0.710. The maximum absolute atomic E-state index is 12.0. The minimum Gasteiger partial charge on any atom is -0.466 e. The average molecular weight is 243 g/mol. The van der Waals surface area contributed by atoms with Gasteiger partial charge in [0.2, 0.25) is 0 Å². The topological polar surface area (TPSA) is 59.2 Å². The van der Waals surface area contributed by atoms with Crippen molar-refractivity contribution >= 4 is 22.7 Å². The number of ether oxygens (including phenoxy) is 1. The Labute approximate surface area is 104 Å². The maximum Gasteiger partial charge on any atom is 0.333 e. The van der Waals surface area contributed by atoms with Gasteiger partial charge >= 0.3 is 5.97 Å². The smallest absolute Gasteiger partial charge is 0.333 e. The maximum atomic E-state index is 12.0. The number of hydrogen-bond donors (Lipinski definition) is 1. The number of allylic oxidation sites excluding steroid dienone is 1. The summed E-state index contributed by atoms with van der Waals surface area (Å²) in [4.78, 5) is 26.3. The first kappa shape index (κ1) is 12.1. The van der Waals surface area contributed by atoms with Gasteiger partial charge in [-0.25, -0.2) is 4.79 Å². The second kappa shape index (κ2) is 4.87. The van der Waals surface area contributed by atoms with Crippen molar-refractivity contribution in [2.45, 2.75) is 6.92 Å².